The fourth-order valence-electron chi connectivity index (χ4n) is 2.88. The van der Waals surface area contributed by atoms with E-state index >= 15 is 0 Å². The van der Waals surface area contributed by atoms with Crippen LogP contribution in [-0.4, -0.2) is 41.6 Å². The quantitative estimate of drug-likeness (QED) is 0.610. The van der Waals surface area contributed by atoms with Gasteiger partial charge in [-0.2, -0.15) is 0 Å². The molecule has 5 nitrogen and oxygen atoms in total. The summed E-state index contributed by atoms with van der Waals surface area (Å²) in [6.45, 7) is 2.98. The van der Waals surface area contributed by atoms with Crippen LogP contribution in [0.3, 0.4) is 0 Å². The molecule has 3 rings (SSSR count). The number of halogens is 4. The first-order valence-corrected chi connectivity index (χ1v) is 8.19. The van der Waals surface area contributed by atoms with Crippen molar-refractivity contribution in [3.05, 3.63) is 29.5 Å². The summed E-state index contributed by atoms with van der Waals surface area (Å²) in [4.78, 5) is 22.0. The van der Waals surface area contributed by atoms with Crippen molar-refractivity contribution < 1.29 is 27.1 Å². The summed E-state index contributed by atoms with van der Waals surface area (Å²) in [6, 6.07) is 1.69. The van der Waals surface area contributed by atoms with Crippen LogP contribution in [0.5, 0.6) is 0 Å². The molecule has 9 heteroatoms. The second-order valence-electron chi connectivity index (χ2n) is 6.23. The predicted molar refractivity (Wildman–Crippen MR) is 86.4 cm³/mol. The molecular formula is C17H17F4N3O2. The van der Waals surface area contributed by atoms with E-state index in [1.54, 1.807) is 6.92 Å². The zero-order valence-corrected chi connectivity index (χ0v) is 14.2. The van der Waals surface area contributed by atoms with E-state index in [0.29, 0.717) is 0 Å². The number of esters is 1. The molecule has 140 valence electrons. The van der Waals surface area contributed by atoms with Crippen molar-refractivity contribution in [3.63, 3.8) is 0 Å². The SMILES string of the molecule is CCOC(=O)c1nc2cc(F)c(F)cc2nc1N1CCC(F)(F)C(C)C1. The zero-order valence-electron chi connectivity index (χ0n) is 14.2. The van der Waals surface area contributed by atoms with Gasteiger partial charge in [-0.05, 0) is 6.92 Å². The fraction of sp³-hybridized carbons (Fsp3) is 0.471. The van der Waals surface area contributed by atoms with Gasteiger partial charge in [0.25, 0.3) is 5.92 Å². The molecule has 1 fully saturated rings. The lowest BCUT2D eigenvalue weighted by Gasteiger charge is -2.37. The van der Waals surface area contributed by atoms with Gasteiger partial charge in [-0.15, -0.1) is 0 Å². The summed E-state index contributed by atoms with van der Waals surface area (Å²) in [6.07, 6.45) is -0.409. The van der Waals surface area contributed by atoms with Crippen LogP contribution in [0.15, 0.2) is 12.1 Å². The van der Waals surface area contributed by atoms with Crippen molar-refractivity contribution in [2.45, 2.75) is 26.2 Å². The molecule has 0 N–H and O–H groups in total. The highest BCUT2D eigenvalue weighted by atomic mass is 19.3. The van der Waals surface area contributed by atoms with Crippen LogP contribution < -0.4 is 4.90 Å². The Balaban J connectivity index is 2.10. The largest absolute Gasteiger partial charge is 0.461 e. The Morgan fingerprint density at radius 1 is 1.27 bits per heavy atom. The van der Waals surface area contributed by atoms with Crippen LogP contribution in [0.2, 0.25) is 0 Å². The van der Waals surface area contributed by atoms with Gasteiger partial charge in [0.05, 0.1) is 17.6 Å². The first kappa shape index (κ1) is 18.3. The number of anilines is 1. The number of nitrogens with zero attached hydrogens (tertiary/aromatic N) is 3. The molecule has 1 aromatic carbocycles. The maximum Gasteiger partial charge on any atom is 0.360 e. The van der Waals surface area contributed by atoms with E-state index in [2.05, 4.69) is 9.97 Å². The van der Waals surface area contributed by atoms with E-state index in [1.807, 2.05) is 0 Å². The molecule has 1 aliphatic rings. The van der Waals surface area contributed by atoms with Crippen LogP contribution in [-0.2, 0) is 4.74 Å². The molecule has 0 radical (unpaired) electrons. The molecule has 0 amide bonds. The van der Waals surface area contributed by atoms with Crippen molar-refractivity contribution in [2.75, 3.05) is 24.6 Å². The van der Waals surface area contributed by atoms with Crippen molar-refractivity contribution in [2.24, 2.45) is 5.92 Å². The van der Waals surface area contributed by atoms with Gasteiger partial charge < -0.3 is 9.64 Å². The van der Waals surface area contributed by atoms with Crippen LogP contribution in [0.4, 0.5) is 23.4 Å². The van der Waals surface area contributed by atoms with Gasteiger partial charge in [-0.1, -0.05) is 6.92 Å². The van der Waals surface area contributed by atoms with Crippen LogP contribution in [0, 0.1) is 17.6 Å². The monoisotopic (exact) mass is 371 g/mol. The van der Waals surface area contributed by atoms with Gasteiger partial charge in [0.1, 0.15) is 0 Å². The van der Waals surface area contributed by atoms with E-state index in [0.717, 1.165) is 12.1 Å². The van der Waals surface area contributed by atoms with E-state index in [4.69, 9.17) is 4.74 Å². The van der Waals surface area contributed by atoms with Crippen LogP contribution >= 0.6 is 0 Å². The smallest absolute Gasteiger partial charge is 0.360 e. The fourth-order valence-corrected chi connectivity index (χ4v) is 2.88. The summed E-state index contributed by atoms with van der Waals surface area (Å²) in [5, 5.41) is 0. The molecule has 26 heavy (non-hydrogen) atoms. The van der Waals surface area contributed by atoms with Crippen molar-refractivity contribution in [1.29, 1.82) is 0 Å². The number of alkyl halides is 2. The number of ether oxygens (including phenoxy) is 1. The molecule has 1 atom stereocenters. The summed E-state index contributed by atoms with van der Waals surface area (Å²) >= 11 is 0. The van der Waals surface area contributed by atoms with Gasteiger partial charge >= 0.3 is 5.97 Å². The van der Waals surface area contributed by atoms with Crippen LogP contribution in [0.1, 0.15) is 30.8 Å². The van der Waals surface area contributed by atoms with E-state index in [9.17, 15) is 22.4 Å². The number of carbonyl (C=O) groups excluding carboxylic acids is 1. The lowest BCUT2D eigenvalue weighted by Crippen LogP contribution is -2.46. The molecule has 0 saturated carbocycles. The summed E-state index contributed by atoms with van der Waals surface area (Å²) < 4.78 is 59.5. The van der Waals surface area contributed by atoms with Crippen LogP contribution in [0.25, 0.3) is 11.0 Å². The molecule has 1 saturated heterocycles. The first-order valence-electron chi connectivity index (χ1n) is 8.19. The minimum atomic E-state index is -2.82. The Labute approximate surface area is 147 Å². The maximum atomic E-state index is 13.8. The molecule has 0 bridgehead atoms. The Morgan fingerprint density at radius 3 is 2.46 bits per heavy atom. The minimum absolute atomic E-state index is 0.0221. The standard InChI is InChI=1S/C17H17F4N3O2/c1-3-26-16(25)14-15(24-5-4-17(20,21)9(2)8-24)23-13-7-11(19)10(18)6-12(13)22-14/h6-7,9H,3-5,8H2,1-2H3. The number of fused-ring (bicyclic) bond motifs is 1. The molecule has 1 unspecified atom stereocenters. The van der Waals surface area contributed by atoms with E-state index in [-0.39, 0.29) is 42.2 Å². The second-order valence-corrected chi connectivity index (χ2v) is 6.23. The average molecular weight is 371 g/mol. The number of piperidine rings is 1. The topological polar surface area (TPSA) is 55.3 Å². The van der Waals surface area contributed by atoms with E-state index in [1.165, 1.54) is 11.8 Å². The highest BCUT2D eigenvalue weighted by molar-refractivity contribution is 5.95. The lowest BCUT2D eigenvalue weighted by atomic mass is 9.95. The third-order valence-corrected chi connectivity index (χ3v) is 4.39. The summed E-state index contributed by atoms with van der Waals surface area (Å²) in [7, 11) is 0. The normalized spacial score (nSPS) is 19.6. The molecule has 1 aromatic heterocycles. The molecule has 0 aliphatic carbocycles. The lowest BCUT2D eigenvalue weighted by molar-refractivity contribution is -0.0652. The number of benzene rings is 1. The predicted octanol–water partition coefficient (Wildman–Crippen LogP) is 3.57. The Bertz CT molecular complexity index is 860. The van der Waals surface area contributed by atoms with Crippen molar-refractivity contribution in [3.8, 4) is 0 Å². The Hall–Kier alpha value is -2.45. The average Bonchev–Trinajstić information content (AvgIpc) is 2.58. The minimum Gasteiger partial charge on any atom is -0.461 e. The van der Waals surface area contributed by atoms with Crippen molar-refractivity contribution >= 4 is 22.8 Å². The first-order chi connectivity index (χ1) is 12.2. The molecular weight excluding hydrogens is 354 g/mol. The molecule has 2 heterocycles. The number of hydrogen-bond donors (Lipinski definition) is 0. The number of carbonyl (C=O) groups is 1. The summed E-state index contributed by atoms with van der Waals surface area (Å²) in [5.41, 5.74) is -0.203. The van der Waals surface area contributed by atoms with Gasteiger partial charge in [0.15, 0.2) is 23.1 Å². The maximum absolute atomic E-state index is 13.8. The number of rotatable bonds is 3. The van der Waals surface area contributed by atoms with Gasteiger partial charge in [-0.3, -0.25) is 0 Å². The Kier molecular flexibility index (Phi) is 4.72. The summed E-state index contributed by atoms with van der Waals surface area (Å²) in [5.74, 6) is -6.79. The van der Waals surface area contributed by atoms with Gasteiger partial charge in [0.2, 0.25) is 0 Å². The molecule has 1 aliphatic heterocycles. The van der Waals surface area contributed by atoms with Crippen molar-refractivity contribution in [1.82, 2.24) is 9.97 Å². The second kappa shape index (κ2) is 6.69. The molecule has 2 aromatic rings. The third kappa shape index (κ3) is 3.30. The van der Waals surface area contributed by atoms with E-state index < -0.39 is 35.9 Å². The zero-order chi connectivity index (χ0) is 19.1. The highest BCUT2D eigenvalue weighted by Gasteiger charge is 2.42. The van der Waals surface area contributed by atoms with Gasteiger partial charge in [0, 0.05) is 37.6 Å². The number of aromatic nitrogens is 2. The Morgan fingerprint density at radius 2 is 1.88 bits per heavy atom. The number of hydrogen-bond acceptors (Lipinski definition) is 5. The van der Waals surface area contributed by atoms with Gasteiger partial charge in [-0.25, -0.2) is 32.3 Å². The molecule has 0 spiro atoms. The third-order valence-electron chi connectivity index (χ3n) is 4.39. The highest BCUT2D eigenvalue weighted by Crippen LogP contribution is 2.35.